The van der Waals surface area contributed by atoms with Gasteiger partial charge in [0.05, 0.1) is 0 Å². The summed E-state index contributed by atoms with van der Waals surface area (Å²) < 4.78 is 0. The van der Waals surface area contributed by atoms with E-state index in [2.05, 4.69) is 93.7 Å². The highest BCUT2D eigenvalue weighted by Gasteiger charge is 2.52. The number of halogens is 1. The average Bonchev–Trinajstić information content (AvgIpc) is 2.27. The van der Waals surface area contributed by atoms with Crippen LogP contribution in [0.2, 0.25) is 11.1 Å². The molecule has 0 radical (unpaired) electrons. The Labute approximate surface area is 120 Å². The molecule has 0 heterocycles. The molecule has 1 rings (SSSR count). The van der Waals surface area contributed by atoms with Crippen LogP contribution in [-0.4, -0.2) is 5.57 Å². The lowest BCUT2D eigenvalue weighted by molar-refractivity contribution is 0.631. The highest BCUT2D eigenvalue weighted by molar-refractivity contribution is 14.1. The van der Waals surface area contributed by atoms with E-state index in [1.54, 1.807) is 0 Å². The summed E-state index contributed by atoms with van der Waals surface area (Å²) in [5.41, 5.74) is 0.0746. The van der Waals surface area contributed by atoms with E-state index in [1.165, 1.54) is 11.6 Å². The van der Waals surface area contributed by atoms with Crippen LogP contribution in [0.5, 0.6) is 0 Å². The van der Waals surface area contributed by atoms with Crippen LogP contribution in [0.15, 0.2) is 30.3 Å². The molecule has 1 unspecified atom stereocenters. The molecule has 0 fully saturated rings. The lowest BCUT2D eigenvalue weighted by Gasteiger charge is -2.49. The van der Waals surface area contributed by atoms with Gasteiger partial charge < -0.3 is 0 Å². The smallest absolute Gasteiger partial charge is 0.117 e. The van der Waals surface area contributed by atoms with Gasteiger partial charge in [0.1, 0.15) is 5.57 Å². The fraction of sp³-hybridized carbons (Fsp3) is 0.600. The Morgan fingerprint density at radius 3 is 1.82 bits per heavy atom. The molecule has 1 aromatic carbocycles. The fourth-order valence-electron chi connectivity index (χ4n) is 2.99. The van der Waals surface area contributed by atoms with E-state index < -0.39 is 5.57 Å². The van der Waals surface area contributed by atoms with Gasteiger partial charge in [0.15, 0.2) is 0 Å². The topological polar surface area (TPSA) is 0 Å². The lowest BCUT2D eigenvalue weighted by atomic mass is 10.0. The summed E-state index contributed by atoms with van der Waals surface area (Å²) in [5, 5.41) is 0.726. The van der Waals surface area contributed by atoms with Gasteiger partial charge in [0.2, 0.25) is 0 Å². The van der Waals surface area contributed by atoms with Gasteiger partial charge in [0.25, 0.3) is 0 Å². The Hall–Kier alpha value is 0.167. The second-order valence-electron chi connectivity index (χ2n) is 6.40. The average molecular weight is 360 g/mol. The summed E-state index contributed by atoms with van der Waals surface area (Å²) in [6.45, 7) is 14.5. The summed E-state index contributed by atoms with van der Waals surface area (Å²) in [6.07, 6.45) is 0. The third kappa shape index (κ3) is 2.62. The molecule has 0 spiro atoms. The number of hydrogen-bond donors (Lipinski definition) is 0. The van der Waals surface area contributed by atoms with E-state index in [9.17, 15) is 0 Å². The van der Waals surface area contributed by atoms with Crippen molar-refractivity contribution in [3.05, 3.63) is 35.9 Å². The molecule has 0 aliphatic carbocycles. The molecule has 0 aromatic heterocycles. The Morgan fingerprint density at radius 1 is 1.00 bits per heavy atom. The lowest BCUT2D eigenvalue weighted by Crippen LogP contribution is -2.53. The van der Waals surface area contributed by atoms with Crippen LogP contribution in [0.3, 0.4) is 0 Å². The van der Waals surface area contributed by atoms with Crippen molar-refractivity contribution in [3.63, 3.8) is 0 Å². The zero-order valence-corrected chi connectivity index (χ0v) is 15.1. The quantitative estimate of drug-likeness (QED) is 0.368. The Balaban J connectivity index is 3.29. The predicted molar refractivity (Wildman–Crippen MR) is 89.4 cm³/mol. The number of benzene rings is 1. The molecule has 0 saturated heterocycles. The van der Waals surface area contributed by atoms with Crippen molar-refractivity contribution < 1.29 is 0 Å². The van der Waals surface area contributed by atoms with Crippen molar-refractivity contribution >= 4 is 27.4 Å². The van der Waals surface area contributed by atoms with Crippen molar-refractivity contribution in [1.29, 1.82) is 0 Å². The first-order valence-electron chi connectivity index (χ1n) is 6.41. The fourth-order valence-corrected chi connectivity index (χ4v) is 8.37. The second-order valence-corrected chi connectivity index (χ2v) is 17.0. The summed E-state index contributed by atoms with van der Waals surface area (Å²) in [4.78, 5) is 0. The molecular weight excluding hydrogens is 335 g/mol. The summed E-state index contributed by atoms with van der Waals surface area (Å²) in [5.74, 6) is 0. The van der Waals surface area contributed by atoms with Gasteiger partial charge in [-0.2, -0.15) is 0 Å². The molecule has 0 N–H and O–H groups in total. The molecule has 0 aliphatic rings. The zero-order valence-electron chi connectivity index (χ0n) is 12.0. The maximum atomic E-state index is 2.83. The van der Waals surface area contributed by atoms with Crippen LogP contribution in [0.4, 0.5) is 0 Å². The number of rotatable bonds is 3. The number of hydrogen-bond acceptors (Lipinski definition) is 0. The molecule has 1 aromatic rings. The van der Waals surface area contributed by atoms with Crippen molar-refractivity contribution in [1.82, 2.24) is 0 Å². The normalized spacial score (nSPS) is 16.6. The largest absolute Gasteiger partial charge is 0.140 e. The van der Waals surface area contributed by atoms with Crippen LogP contribution >= 0.6 is 21.8 Å². The van der Waals surface area contributed by atoms with Crippen molar-refractivity contribution in [2.24, 2.45) is 0 Å². The maximum absolute atomic E-state index is 2.83. The van der Waals surface area contributed by atoms with Crippen molar-refractivity contribution in [2.75, 3.05) is 0 Å². The first-order chi connectivity index (χ1) is 7.67. The van der Waals surface area contributed by atoms with Gasteiger partial charge in [-0.05, 0) is 15.6 Å². The van der Waals surface area contributed by atoms with E-state index in [0.717, 1.165) is 0 Å². The first-order valence-corrected chi connectivity index (χ1v) is 11.7. The van der Waals surface area contributed by atoms with Crippen LogP contribution in [0.1, 0.15) is 47.1 Å². The SMILES string of the molecule is CC[Si](I)(C(C)(C)C)C(C)(C)c1ccccc1. The van der Waals surface area contributed by atoms with Crippen molar-refractivity contribution in [3.8, 4) is 0 Å². The van der Waals surface area contributed by atoms with Crippen LogP contribution in [0.25, 0.3) is 0 Å². The Morgan fingerprint density at radius 2 is 1.47 bits per heavy atom. The maximum Gasteiger partial charge on any atom is 0.140 e. The molecule has 0 nitrogen and oxygen atoms in total. The van der Waals surface area contributed by atoms with Gasteiger partial charge >= 0.3 is 0 Å². The summed E-state index contributed by atoms with van der Waals surface area (Å²) in [7, 11) is 0. The van der Waals surface area contributed by atoms with Gasteiger partial charge in [-0.1, -0.05) is 77.9 Å². The minimum atomic E-state index is -1.42. The highest BCUT2D eigenvalue weighted by atomic mass is 127. The van der Waals surface area contributed by atoms with E-state index in [0.29, 0.717) is 10.1 Å². The molecule has 2 heteroatoms. The summed E-state index contributed by atoms with van der Waals surface area (Å²) >= 11 is 2.83. The van der Waals surface area contributed by atoms with Gasteiger partial charge in [0, 0.05) is 0 Å². The van der Waals surface area contributed by atoms with E-state index in [4.69, 9.17) is 0 Å². The molecule has 0 aliphatic heterocycles. The Bertz CT molecular complexity index is 364. The zero-order chi connectivity index (χ0) is 13.3. The molecule has 0 amide bonds. The first kappa shape index (κ1) is 15.2. The third-order valence-corrected chi connectivity index (χ3v) is 21.0. The third-order valence-electron chi connectivity index (χ3n) is 4.16. The van der Waals surface area contributed by atoms with Gasteiger partial charge in [-0.25, -0.2) is 0 Å². The van der Waals surface area contributed by atoms with Crippen LogP contribution in [0, 0.1) is 0 Å². The molecular formula is C15H25ISi. The second kappa shape index (κ2) is 5.04. The van der Waals surface area contributed by atoms with Crippen molar-refractivity contribution in [2.45, 2.75) is 57.7 Å². The molecule has 0 saturated carbocycles. The molecule has 17 heavy (non-hydrogen) atoms. The predicted octanol–water partition coefficient (Wildman–Crippen LogP) is 5.70. The minimum Gasteiger partial charge on any atom is -0.117 e. The highest BCUT2D eigenvalue weighted by Crippen LogP contribution is 2.54. The van der Waals surface area contributed by atoms with Crippen LogP contribution in [-0.2, 0) is 5.04 Å². The molecule has 0 bridgehead atoms. The van der Waals surface area contributed by atoms with Gasteiger partial charge in [-0.3, -0.25) is 0 Å². The van der Waals surface area contributed by atoms with Crippen LogP contribution < -0.4 is 0 Å². The van der Waals surface area contributed by atoms with Gasteiger partial charge in [-0.15, -0.1) is 21.8 Å². The van der Waals surface area contributed by atoms with E-state index in [1.807, 2.05) is 0 Å². The molecule has 96 valence electrons. The Kier molecular flexibility index (Phi) is 4.51. The van der Waals surface area contributed by atoms with E-state index >= 15 is 0 Å². The van der Waals surface area contributed by atoms with E-state index in [-0.39, 0.29) is 0 Å². The minimum absolute atomic E-state index is 0.307. The monoisotopic (exact) mass is 360 g/mol. The molecule has 1 atom stereocenters. The summed E-state index contributed by atoms with van der Waals surface area (Å²) in [6, 6.07) is 12.4. The standard InChI is InChI=1S/C15H25ISi/c1-7-17(16,14(2,3)4)15(5,6)13-11-9-8-10-12-13/h8-12H,7H2,1-6H3.